The van der Waals surface area contributed by atoms with E-state index in [0.717, 1.165) is 24.1 Å². The highest BCUT2D eigenvalue weighted by Crippen LogP contribution is 2.38. The molecule has 5 nitrogen and oxygen atoms in total. The number of amides is 2. The van der Waals surface area contributed by atoms with E-state index in [2.05, 4.69) is 35.5 Å². The molecule has 28 heavy (non-hydrogen) atoms. The zero-order valence-electron chi connectivity index (χ0n) is 16.1. The minimum absolute atomic E-state index is 0.0225. The Morgan fingerprint density at radius 2 is 2.04 bits per heavy atom. The predicted octanol–water partition coefficient (Wildman–Crippen LogP) is 3.17. The molecule has 0 spiro atoms. The van der Waals surface area contributed by atoms with Gasteiger partial charge in [0.2, 0.25) is 11.8 Å². The molecule has 2 aliphatic heterocycles. The molecule has 0 radical (unpaired) electrons. The van der Waals surface area contributed by atoms with Crippen LogP contribution >= 0.6 is 11.6 Å². The van der Waals surface area contributed by atoms with E-state index in [1.807, 2.05) is 18.2 Å². The first-order valence-corrected chi connectivity index (χ1v) is 9.93. The maximum atomic E-state index is 12.9. The topological polar surface area (TPSA) is 52.7 Å². The average Bonchev–Trinajstić information content (AvgIpc) is 3.19. The minimum atomic E-state index is -0.420. The van der Waals surface area contributed by atoms with Crippen molar-refractivity contribution in [2.45, 2.75) is 25.4 Å². The molecular weight excluding hydrogens is 374 g/mol. The number of hydrogen-bond donors (Lipinski definition) is 1. The highest BCUT2D eigenvalue weighted by atomic mass is 35.5. The summed E-state index contributed by atoms with van der Waals surface area (Å²) in [7, 11) is 3.84. The summed E-state index contributed by atoms with van der Waals surface area (Å²) in [4.78, 5) is 29.1. The van der Waals surface area contributed by atoms with Crippen LogP contribution in [0.25, 0.3) is 0 Å². The van der Waals surface area contributed by atoms with Crippen LogP contribution in [-0.2, 0) is 22.6 Å². The van der Waals surface area contributed by atoms with Gasteiger partial charge in [0, 0.05) is 44.3 Å². The molecule has 2 heterocycles. The van der Waals surface area contributed by atoms with Crippen LogP contribution < -0.4 is 10.2 Å². The standard InChI is InChI=1S/C22H24ClN3O2/c1-25-9-8-15-10-14(6-7-19(15)25)13-24-22(28)18-12-20(27)26(2)21(18)16-4-3-5-17(23)11-16/h3-7,10-11,18,21H,8-9,12-13H2,1-2H3,(H,24,28)/t18-,21-/m1/s1. The Bertz CT molecular complexity index is 930. The Morgan fingerprint density at radius 1 is 1.21 bits per heavy atom. The molecule has 0 unspecified atom stereocenters. The van der Waals surface area contributed by atoms with E-state index in [1.54, 1.807) is 18.0 Å². The third-order valence-corrected chi connectivity index (χ3v) is 6.09. The van der Waals surface area contributed by atoms with Gasteiger partial charge >= 0.3 is 0 Å². The molecular formula is C22H24ClN3O2. The van der Waals surface area contributed by atoms with Gasteiger partial charge in [0.1, 0.15) is 0 Å². The van der Waals surface area contributed by atoms with Crippen LogP contribution in [0, 0.1) is 5.92 Å². The van der Waals surface area contributed by atoms with E-state index < -0.39 is 5.92 Å². The van der Waals surface area contributed by atoms with Crippen molar-refractivity contribution >= 4 is 29.1 Å². The van der Waals surface area contributed by atoms with E-state index in [-0.39, 0.29) is 24.3 Å². The van der Waals surface area contributed by atoms with Gasteiger partial charge in [-0.25, -0.2) is 0 Å². The predicted molar refractivity (Wildman–Crippen MR) is 110 cm³/mol. The second-order valence-corrected chi connectivity index (χ2v) is 8.10. The van der Waals surface area contributed by atoms with Crippen molar-refractivity contribution < 1.29 is 9.59 Å². The van der Waals surface area contributed by atoms with Crippen molar-refractivity contribution in [3.63, 3.8) is 0 Å². The Labute approximate surface area is 170 Å². The second-order valence-electron chi connectivity index (χ2n) is 7.67. The van der Waals surface area contributed by atoms with Gasteiger partial charge in [-0.1, -0.05) is 35.9 Å². The summed E-state index contributed by atoms with van der Waals surface area (Å²) >= 11 is 6.13. The molecule has 1 saturated heterocycles. The fourth-order valence-electron chi connectivity index (χ4n) is 4.30. The normalized spacial score (nSPS) is 21.2. The van der Waals surface area contributed by atoms with Gasteiger partial charge in [-0.2, -0.15) is 0 Å². The van der Waals surface area contributed by atoms with Crippen LogP contribution in [0.5, 0.6) is 0 Å². The van der Waals surface area contributed by atoms with Gasteiger partial charge in [0.15, 0.2) is 0 Å². The lowest BCUT2D eigenvalue weighted by atomic mass is 9.93. The molecule has 1 fully saturated rings. The molecule has 2 aliphatic rings. The van der Waals surface area contributed by atoms with E-state index in [0.29, 0.717) is 11.6 Å². The van der Waals surface area contributed by atoms with Crippen molar-refractivity contribution in [2.75, 3.05) is 25.5 Å². The smallest absolute Gasteiger partial charge is 0.226 e. The molecule has 2 aromatic rings. The number of fused-ring (bicyclic) bond motifs is 1. The number of rotatable bonds is 4. The summed E-state index contributed by atoms with van der Waals surface area (Å²) in [5.41, 5.74) is 4.56. The van der Waals surface area contributed by atoms with Crippen molar-refractivity contribution in [3.8, 4) is 0 Å². The number of anilines is 1. The van der Waals surface area contributed by atoms with Crippen LogP contribution in [0.1, 0.15) is 29.2 Å². The fourth-order valence-corrected chi connectivity index (χ4v) is 4.50. The first-order chi connectivity index (χ1) is 13.4. The SMILES string of the molecule is CN1CCc2cc(CNC(=O)[C@@H]3CC(=O)N(C)[C@@H]3c3cccc(Cl)c3)ccc21. The van der Waals surface area contributed by atoms with Crippen molar-refractivity contribution in [1.29, 1.82) is 0 Å². The maximum absolute atomic E-state index is 12.9. The summed E-state index contributed by atoms with van der Waals surface area (Å²) in [5, 5.41) is 3.64. The van der Waals surface area contributed by atoms with E-state index >= 15 is 0 Å². The zero-order valence-corrected chi connectivity index (χ0v) is 16.9. The van der Waals surface area contributed by atoms with E-state index in [9.17, 15) is 9.59 Å². The van der Waals surface area contributed by atoms with Crippen LogP contribution in [-0.4, -0.2) is 37.4 Å². The average molecular weight is 398 g/mol. The number of benzene rings is 2. The number of nitrogens with zero attached hydrogens (tertiary/aromatic N) is 2. The Hall–Kier alpha value is -2.53. The maximum Gasteiger partial charge on any atom is 0.226 e. The molecule has 1 N–H and O–H groups in total. The lowest BCUT2D eigenvalue weighted by Crippen LogP contribution is -2.34. The summed E-state index contributed by atoms with van der Waals surface area (Å²) < 4.78 is 0. The van der Waals surface area contributed by atoms with Gasteiger partial charge in [0.05, 0.1) is 12.0 Å². The molecule has 146 valence electrons. The van der Waals surface area contributed by atoms with Crippen LogP contribution in [0.15, 0.2) is 42.5 Å². The molecule has 0 aliphatic carbocycles. The summed E-state index contributed by atoms with van der Waals surface area (Å²) in [5.74, 6) is -0.539. The Morgan fingerprint density at radius 3 is 2.82 bits per heavy atom. The third kappa shape index (κ3) is 3.47. The fraction of sp³-hybridized carbons (Fsp3) is 0.364. The van der Waals surface area contributed by atoms with E-state index in [1.165, 1.54) is 11.3 Å². The van der Waals surface area contributed by atoms with Gasteiger partial charge in [-0.3, -0.25) is 9.59 Å². The monoisotopic (exact) mass is 397 g/mol. The second kappa shape index (κ2) is 7.47. The van der Waals surface area contributed by atoms with Crippen molar-refractivity contribution in [3.05, 3.63) is 64.2 Å². The number of carbonyl (C=O) groups is 2. The van der Waals surface area contributed by atoms with Crippen LogP contribution in [0.4, 0.5) is 5.69 Å². The quantitative estimate of drug-likeness (QED) is 0.862. The number of nitrogens with one attached hydrogen (secondary N) is 1. The van der Waals surface area contributed by atoms with Gasteiger partial charge < -0.3 is 15.1 Å². The van der Waals surface area contributed by atoms with Gasteiger partial charge in [0.25, 0.3) is 0 Å². The first-order valence-electron chi connectivity index (χ1n) is 9.56. The lowest BCUT2D eigenvalue weighted by molar-refractivity contribution is -0.128. The number of carbonyl (C=O) groups excluding carboxylic acids is 2. The number of likely N-dealkylation sites (tertiary alicyclic amines) is 1. The highest BCUT2D eigenvalue weighted by Gasteiger charge is 2.42. The van der Waals surface area contributed by atoms with Gasteiger partial charge in [-0.05, 0) is 41.3 Å². The Kier molecular flexibility index (Phi) is 5.02. The highest BCUT2D eigenvalue weighted by molar-refractivity contribution is 6.30. The minimum Gasteiger partial charge on any atom is -0.374 e. The molecule has 2 amide bonds. The van der Waals surface area contributed by atoms with Crippen LogP contribution in [0.3, 0.4) is 0 Å². The first kappa shape index (κ1) is 18.8. The lowest BCUT2D eigenvalue weighted by Gasteiger charge is -2.25. The molecule has 6 heteroatoms. The van der Waals surface area contributed by atoms with Crippen LogP contribution in [0.2, 0.25) is 5.02 Å². The molecule has 0 saturated carbocycles. The molecule has 2 atom stereocenters. The summed E-state index contributed by atoms with van der Waals surface area (Å²) in [6, 6.07) is 13.4. The number of halogens is 1. The molecule has 4 rings (SSSR count). The molecule has 2 aromatic carbocycles. The third-order valence-electron chi connectivity index (χ3n) is 5.85. The number of hydrogen-bond acceptors (Lipinski definition) is 3. The van der Waals surface area contributed by atoms with Gasteiger partial charge in [-0.15, -0.1) is 0 Å². The Balaban J connectivity index is 1.48. The summed E-state index contributed by atoms with van der Waals surface area (Å²) in [6.07, 6.45) is 1.25. The number of likely N-dealkylation sites (N-methyl/N-ethyl adjacent to an activating group) is 1. The molecule has 0 aromatic heterocycles. The largest absolute Gasteiger partial charge is 0.374 e. The van der Waals surface area contributed by atoms with Crippen molar-refractivity contribution in [2.24, 2.45) is 5.92 Å². The zero-order chi connectivity index (χ0) is 19.8. The molecule has 0 bridgehead atoms. The van der Waals surface area contributed by atoms with Crippen molar-refractivity contribution in [1.82, 2.24) is 10.2 Å². The van der Waals surface area contributed by atoms with E-state index in [4.69, 9.17) is 11.6 Å². The summed E-state index contributed by atoms with van der Waals surface area (Å²) in [6.45, 7) is 1.50.